The van der Waals surface area contributed by atoms with Crippen molar-refractivity contribution >= 4 is 58.4 Å². The minimum absolute atomic E-state index is 0.155. The van der Waals surface area contributed by atoms with Crippen molar-refractivity contribution in [3.63, 3.8) is 0 Å². The summed E-state index contributed by atoms with van der Waals surface area (Å²) >= 11 is 14.0. The lowest BCUT2D eigenvalue weighted by molar-refractivity contribution is -0.119. The van der Waals surface area contributed by atoms with Crippen molar-refractivity contribution in [2.45, 2.75) is 26.4 Å². The van der Waals surface area contributed by atoms with Crippen molar-refractivity contribution in [2.75, 3.05) is 29.9 Å². The number of benzene rings is 2. The summed E-state index contributed by atoms with van der Waals surface area (Å²) in [7, 11) is 0. The molecule has 0 aromatic heterocycles. The smallest absolute Gasteiger partial charge is 0.262 e. The Morgan fingerprint density at radius 3 is 2.28 bits per heavy atom. The highest BCUT2D eigenvalue weighted by Gasteiger charge is 2.41. The first-order valence-electron chi connectivity index (χ1n) is 10.3. The van der Waals surface area contributed by atoms with Crippen molar-refractivity contribution in [3.05, 3.63) is 62.6 Å². The molecule has 1 N–H and O–H groups in total. The number of imide groups is 1. The number of halogens is 2. The number of anilines is 1. The lowest BCUT2D eigenvalue weighted by Gasteiger charge is -2.27. The lowest BCUT2D eigenvalue weighted by atomic mass is 10.1. The van der Waals surface area contributed by atoms with Gasteiger partial charge in [0.05, 0.1) is 21.2 Å². The van der Waals surface area contributed by atoms with Crippen LogP contribution in [0.4, 0.5) is 5.69 Å². The van der Waals surface area contributed by atoms with E-state index in [1.165, 1.54) is 19.1 Å². The molecule has 0 aliphatic carbocycles. The van der Waals surface area contributed by atoms with E-state index in [0.29, 0.717) is 5.69 Å². The monoisotopic (exact) mass is 491 g/mol. The van der Waals surface area contributed by atoms with Gasteiger partial charge >= 0.3 is 0 Å². The molecule has 2 aliphatic rings. The average Bonchev–Trinajstić information content (AvgIpc) is 3.01. The second-order valence-electron chi connectivity index (χ2n) is 7.94. The van der Waals surface area contributed by atoms with Gasteiger partial charge in [-0.25, -0.2) is 0 Å². The number of fused-ring (bicyclic) bond motifs is 1. The second-order valence-corrected chi connectivity index (χ2v) is 9.97. The van der Waals surface area contributed by atoms with E-state index < -0.39 is 23.8 Å². The largest absolute Gasteiger partial charge is 0.324 e. The molecule has 1 unspecified atom stereocenters. The van der Waals surface area contributed by atoms with E-state index in [4.69, 9.17) is 23.2 Å². The van der Waals surface area contributed by atoms with Gasteiger partial charge in [-0.1, -0.05) is 35.3 Å². The van der Waals surface area contributed by atoms with E-state index in [9.17, 15) is 14.4 Å². The molecule has 0 radical (unpaired) electrons. The fraction of sp³-hybridized carbons (Fsp3) is 0.348. The summed E-state index contributed by atoms with van der Waals surface area (Å²) in [6.45, 7) is 6.42. The van der Waals surface area contributed by atoms with Crippen LogP contribution in [-0.2, 0) is 11.3 Å². The quantitative estimate of drug-likeness (QED) is 0.624. The number of nitrogens with one attached hydrogen (secondary N) is 1. The molecule has 3 amide bonds. The van der Waals surface area contributed by atoms with Gasteiger partial charge in [0.1, 0.15) is 6.04 Å². The summed E-state index contributed by atoms with van der Waals surface area (Å²) in [6, 6.07) is 7.55. The zero-order chi connectivity index (χ0) is 23.0. The van der Waals surface area contributed by atoms with E-state index in [2.05, 4.69) is 16.3 Å². The van der Waals surface area contributed by atoms with Gasteiger partial charge < -0.3 is 5.32 Å². The predicted molar refractivity (Wildman–Crippen MR) is 129 cm³/mol. The van der Waals surface area contributed by atoms with Crippen LogP contribution in [0.3, 0.4) is 0 Å². The highest BCUT2D eigenvalue weighted by Crippen LogP contribution is 2.32. The Morgan fingerprint density at radius 2 is 1.69 bits per heavy atom. The Kier molecular flexibility index (Phi) is 6.81. The molecule has 1 atom stereocenters. The number of hydrogen-bond donors (Lipinski definition) is 1. The number of rotatable bonds is 5. The maximum Gasteiger partial charge on any atom is 0.262 e. The van der Waals surface area contributed by atoms with Crippen LogP contribution >= 0.6 is 35.0 Å². The van der Waals surface area contributed by atoms with Crippen LogP contribution in [0.25, 0.3) is 0 Å². The van der Waals surface area contributed by atoms with E-state index in [-0.39, 0.29) is 21.2 Å². The van der Waals surface area contributed by atoms with Crippen LogP contribution in [0, 0.1) is 6.92 Å². The standard InChI is InChI=1S/C23H23Cl2N3O3S/c1-13-15(12-27-6-8-32-9-7-27)4-3-5-20(13)26-21(29)14(2)28-22(30)16-10-18(24)19(25)11-17(16)23(28)31/h3-5,10-11,14H,6-9,12H2,1-2H3,(H,26,29). The molecular weight excluding hydrogens is 469 g/mol. The van der Waals surface area contributed by atoms with Crippen molar-refractivity contribution in [2.24, 2.45) is 0 Å². The van der Waals surface area contributed by atoms with Crippen LogP contribution in [0.2, 0.25) is 10.0 Å². The van der Waals surface area contributed by atoms with Gasteiger partial charge in [0.15, 0.2) is 0 Å². The van der Waals surface area contributed by atoms with Crippen molar-refractivity contribution in [3.8, 4) is 0 Å². The molecule has 2 heterocycles. The molecular formula is C23H23Cl2N3O3S. The molecule has 1 fully saturated rings. The molecule has 168 valence electrons. The average molecular weight is 492 g/mol. The summed E-state index contributed by atoms with van der Waals surface area (Å²) in [5.74, 6) is 0.707. The SMILES string of the molecule is Cc1c(CN2CCSCC2)cccc1NC(=O)C(C)N1C(=O)c2cc(Cl)c(Cl)cc2C1=O. The maximum absolute atomic E-state index is 13.0. The minimum atomic E-state index is -0.998. The van der Waals surface area contributed by atoms with Crippen molar-refractivity contribution in [1.82, 2.24) is 9.80 Å². The second kappa shape index (κ2) is 9.43. The van der Waals surface area contributed by atoms with E-state index in [1.807, 2.05) is 30.8 Å². The zero-order valence-electron chi connectivity index (χ0n) is 17.8. The maximum atomic E-state index is 13.0. The van der Waals surface area contributed by atoms with Gasteiger partial charge in [-0.05, 0) is 43.2 Å². The van der Waals surface area contributed by atoms with Gasteiger partial charge in [-0.3, -0.25) is 24.2 Å². The predicted octanol–water partition coefficient (Wildman–Crippen LogP) is 4.47. The molecule has 1 saturated heterocycles. The van der Waals surface area contributed by atoms with Gasteiger partial charge in [0, 0.05) is 36.8 Å². The molecule has 0 saturated carbocycles. The third-order valence-electron chi connectivity index (χ3n) is 5.93. The van der Waals surface area contributed by atoms with Gasteiger partial charge in [0.25, 0.3) is 11.8 Å². The van der Waals surface area contributed by atoms with E-state index in [0.717, 1.165) is 47.2 Å². The molecule has 4 rings (SSSR count). The molecule has 2 aromatic carbocycles. The number of hydrogen-bond acceptors (Lipinski definition) is 5. The summed E-state index contributed by atoms with van der Waals surface area (Å²) in [4.78, 5) is 42.0. The molecule has 32 heavy (non-hydrogen) atoms. The van der Waals surface area contributed by atoms with E-state index >= 15 is 0 Å². The molecule has 2 aliphatic heterocycles. The van der Waals surface area contributed by atoms with Crippen LogP contribution < -0.4 is 5.32 Å². The molecule has 0 bridgehead atoms. The third kappa shape index (κ3) is 4.39. The fourth-order valence-corrected chi connectivity index (χ4v) is 5.26. The Labute approximate surface area is 201 Å². The van der Waals surface area contributed by atoms with Crippen molar-refractivity contribution < 1.29 is 14.4 Å². The Balaban J connectivity index is 1.50. The summed E-state index contributed by atoms with van der Waals surface area (Å²) in [5, 5.41) is 3.27. The molecule has 9 heteroatoms. The van der Waals surface area contributed by atoms with Crippen LogP contribution in [0.1, 0.15) is 38.8 Å². The van der Waals surface area contributed by atoms with Gasteiger partial charge in [-0.15, -0.1) is 0 Å². The molecule has 6 nitrogen and oxygen atoms in total. The lowest BCUT2D eigenvalue weighted by Crippen LogP contribution is -2.45. The number of carbonyl (C=O) groups excluding carboxylic acids is 3. The first-order chi connectivity index (χ1) is 15.3. The first-order valence-corrected chi connectivity index (χ1v) is 12.3. The first kappa shape index (κ1) is 23.1. The number of carbonyl (C=O) groups is 3. The number of thioether (sulfide) groups is 1. The fourth-order valence-electron chi connectivity index (χ4n) is 3.95. The normalized spacial score (nSPS) is 17.4. The molecule has 0 spiro atoms. The number of amides is 3. The number of nitrogens with zero attached hydrogens (tertiary/aromatic N) is 2. The Bertz CT molecular complexity index is 1060. The third-order valence-corrected chi connectivity index (χ3v) is 7.59. The Morgan fingerprint density at radius 1 is 1.09 bits per heavy atom. The topological polar surface area (TPSA) is 69.7 Å². The van der Waals surface area contributed by atoms with E-state index in [1.54, 1.807) is 0 Å². The molecule has 2 aromatic rings. The summed E-state index contributed by atoms with van der Waals surface area (Å²) < 4.78 is 0. The van der Waals surface area contributed by atoms with Gasteiger partial charge in [0.2, 0.25) is 5.91 Å². The van der Waals surface area contributed by atoms with Crippen molar-refractivity contribution in [1.29, 1.82) is 0 Å². The summed E-state index contributed by atoms with van der Waals surface area (Å²) in [6.07, 6.45) is 0. The zero-order valence-corrected chi connectivity index (χ0v) is 20.1. The Hall–Kier alpha value is -2.06. The van der Waals surface area contributed by atoms with Gasteiger partial charge in [-0.2, -0.15) is 11.8 Å². The summed E-state index contributed by atoms with van der Waals surface area (Å²) in [5.41, 5.74) is 3.11. The van der Waals surface area contributed by atoms with Crippen LogP contribution in [-0.4, -0.2) is 58.2 Å². The van der Waals surface area contributed by atoms with Crippen LogP contribution in [0.15, 0.2) is 30.3 Å². The highest BCUT2D eigenvalue weighted by atomic mass is 35.5. The highest BCUT2D eigenvalue weighted by molar-refractivity contribution is 7.99. The minimum Gasteiger partial charge on any atom is -0.324 e. The van der Waals surface area contributed by atoms with Crippen LogP contribution in [0.5, 0.6) is 0 Å².